The summed E-state index contributed by atoms with van der Waals surface area (Å²) in [6, 6.07) is 0. The van der Waals surface area contributed by atoms with Crippen molar-refractivity contribution in [1.29, 1.82) is 0 Å². The van der Waals surface area contributed by atoms with Gasteiger partial charge in [0.05, 0.1) is 0 Å². The first-order chi connectivity index (χ1) is 7.29. The summed E-state index contributed by atoms with van der Waals surface area (Å²) in [6.45, 7) is 5.76. The van der Waals surface area contributed by atoms with Crippen molar-refractivity contribution >= 4 is 11.9 Å². The fourth-order valence-corrected chi connectivity index (χ4v) is 1.59. The van der Waals surface area contributed by atoms with Gasteiger partial charge in [0.2, 0.25) is 11.9 Å². The van der Waals surface area contributed by atoms with Gasteiger partial charge in [0.15, 0.2) is 0 Å². The van der Waals surface area contributed by atoms with E-state index in [0.717, 1.165) is 38.0 Å². The molecule has 1 aromatic rings. The topological polar surface area (TPSA) is 66.0 Å². The fraction of sp³-hybridized carbons (Fsp3) is 0.667. The maximum Gasteiger partial charge on any atom is 0.230 e. The van der Waals surface area contributed by atoms with Crippen LogP contribution >= 0.6 is 0 Å². The zero-order valence-corrected chi connectivity index (χ0v) is 9.12. The Morgan fingerprint density at radius 2 is 1.93 bits per heavy atom. The molecule has 1 saturated heterocycles. The maximum atomic E-state index is 4.34. The molecule has 2 heterocycles. The van der Waals surface area contributed by atoms with E-state index in [-0.39, 0.29) is 0 Å². The molecule has 6 heteroatoms. The molecule has 0 saturated carbocycles. The Morgan fingerprint density at radius 1 is 1.20 bits per heavy atom. The SMILES string of the molecule is CNc1nc(C)nc(N2CCNCC2)n1. The molecule has 6 nitrogen and oxygen atoms in total. The van der Waals surface area contributed by atoms with Crippen LogP contribution in [0.5, 0.6) is 0 Å². The molecule has 2 N–H and O–H groups in total. The Labute approximate surface area is 89.1 Å². The normalized spacial score (nSPS) is 16.5. The Balaban J connectivity index is 2.22. The zero-order valence-electron chi connectivity index (χ0n) is 9.12. The van der Waals surface area contributed by atoms with Gasteiger partial charge in [-0.2, -0.15) is 15.0 Å². The highest BCUT2D eigenvalue weighted by Crippen LogP contribution is 2.10. The molecule has 1 aliphatic heterocycles. The standard InChI is InChI=1S/C9H16N6/c1-7-12-8(10-2)14-9(13-7)15-5-3-11-4-6-15/h11H,3-6H2,1-2H3,(H,10,12,13,14). The van der Waals surface area contributed by atoms with Gasteiger partial charge in [-0.1, -0.05) is 0 Å². The van der Waals surface area contributed by atoms with E-state index in [1.54, 1.807) is 0 Å². The molecule has 15 heavy (non-hydrogen) atoms. The molecule has 1 aliphatic rings. The van der Waals surface area contributed by atoms with E-state index >= 15 is 0 Å². The van der Waals surface area contributed by atoms with E-state index in [0.29, 0.717) is 5.95 Å². The minimum absolute atomic E-state index is 0.635. The maximum absolute atomic E-state index is 4.34. The lowest BCUT2D eigenvalue weighted by Gasteiger charge is -2.27. The van der Waals surface area contributed by atoms with Crippen LogP contribution in [0, 0.1) is 6.92 Å². The van der Waals surface area contributed by atoms with Crippen LogP contribution in [0.1, 0.15) is 5.82 Å². The van der Waals surface area contributed by atoms with E-state index in [2.05, 4.69) is 30.5 Å². The molecule has 82 valence electrons. The summed E-state index contributed by atoms with van der Waals surface area (Å²) in [4.78, 5) is 15.0. The molecule has 0 bridgehead atoms. The number of hydrogen-bond acceptors (Lipinski definition) is 6. The zero-order chi connectivity index (χ0) is 10.7. The summed E-state index contributed by atoms with van der Waals surface area (Å²) in [5.41, 5.74) is 0. The Hall–Kier alpha value is -1.43. The summed E-state index contributed by atoms with van der Waals surface area (Å²) in [7, 11) is 1.82. The molecule has 0 radical (unpaired) electrons. The summed E-state index contributed by atoms with van der Waals surface area (Å²) in [5.74, 6) is 2.16. The molecule has 2 rings (SSSR count). The van der Waals surface area contributed by atoms with Gasteiger partial charge in [0.1, 0.15) is 5.82 Å². The first kappa shape index (κ1) is 10.1. The van der Waals surface area contributed by atoms with Gasteiger partial charge in [0.25, 0.3) is 0 Å². The van der Waals surface area contributed by atoms with E-state index in [4.69, 9.17) is 0 Å². The first-order valence-electron chi connectivity index (χ1n) is 5.15. The third kappa shape index (κ3) is 2.33. The van der Waals surface area contributed by atoms with Crippen molar-refractivity contribution in [3.05, 3.63) is 5.82 Å². The average molecular weight is 208 g/mol. The number of piperazine rings is 1. The smallest absolute Gasteiger partial charge is 0.230 e. The number of aromatic nitrogens is 3. The van der Waals surface area contributed by atoms with E-state index < -0.39 is 0 Å². The monoisotopic (exact) mass is 208 g/mol. The summed E-state index contributed by atoms with van der Waals surface area (Å²) < 4.78 is 0. The van der Waals surface area contributed by atoms with Crippen molar-refractivity contribution in [2.24, 2.45) is 0 Å². The summed E-state index contributed by atoms with van der Waals surface area (Å²) in [6.07, 6.45) is 0. The molecule has 0 atom stereocenters. The van der Waals surface area contributed by atoms with Crippen molar-refractivity contribution < 1.29 is 0 Å². The molecular formula is C9H16N6. The Kier molecular flexibility index (Phi) is 2.96. The Morgan fingerprint density at radius 3 is 2.60 bits per heavy atom. The number of aryl methyl sites for hydroxylation is 1. The Bertz CT molecular complexity index is 333. The van der Waals surface area contributed by atoms with Crippen LogP contribution < -0.4 is 15.5 Å². The highest BCUT2D eigenvalue weighted by Gasteiger charge is 2.14. The quantitative estimate of drug-likeness (QED) is 0.691. The van der Waals surface area contributed by atoms with Crippen molar-refractivity contribution in [3.8, 4) is 0 Å². The first-order valence-corrected chi connectivity index (χ1v) is 5.15. The average Bonchev–Trinajstić information content (AvgIpc) is 2.29. The van der Waals surface area contributed by atoms with Gasteiger partial charge in [0, 0.05) is 33.2 Å². The van der Waals surface area contributed by atoms with E-state index in [1.165, 1.54) is 0 Å². The van der Waals surface area contributed by atoms with Gasteiger partial charge in [-0.05, 0) is 6.92 Å². The van der Waals surface area contributed by atoms with Crippen LogP contribution in [0.3, 0.4) is 0 Å². The van der Waals surface area contributed by atoms with Crippen LogP contribution in [0.15, 0.2) is 0 Å². The van der Waals surface area contributed by atoms with Crippen molar-refractivity contribution in [3.63, 3.8) is 0 Å². The highest BCUT2D eigenvalue weighted by atomic mass is 15.3. The van der Waals surface area contributed by atoms with Gasteiger partial charge in [-0.15, -0.1) is 0 Å². The van der Waals surface area contributed by atoms with Crippen LogP contribution in [0.4, 0.5) is 11.9 Å². The third-order valence-electron chi connectivity index (χ3n) is 2.36. The number of rotatable bonds is 2. The van der Waals surface area contributed by atoms with Crippen molar-refractivity contribution in [2.75, 3.05) is 43.4 Å². The van der Waals surface area contributed by atoms with Gasteiger partial charge >= 0.3 is 0 Å². The van der Waals surface area contributed by atoms with Crippen LogP contribution in [-0.2, 0) is 0 Å². The van der Waals surface area contributed by atoms with Crippen LogP contribution in [0.2, 0.25) is 0 Å². The van der Waals surface area contributed by atoms with Gasteiger partial charge in [-0.3, -0.25) is 0 Å². The molecule has 0 unspecified atom stereocenters. The minimum atomic E-state index is 0.635. The molecule has 0 aromatic carbocycles. The number of anilines is 2. The predicted molar refractivity (Wildman–Crippen MR) is 59.2 cm³/mol. The second kappa shape index (κ2) is 4.39. The predicted octanol–water partition coefficient (Wildman–Crippen LogP) is -0.369. The third-order valence-corrected chi connectivity index (χ3v) is 2.36. The second-order valence-electron chi connectivity index (χ2n) is 3.49. The lowest BCUT2D eigenvalue weighted by atomic mass is 10.4. The van der Waals surface area contributed by atoms with Crippen LogP contribution in [-0.4, -0.2) is 48.2 Å². The highest BCUT2D eigenvalue weighted by molar-refractivity contribution is 5.37. The molecular weight excluding hydrogens is 192 g/mol. The fourth-order valence-electron chi connectivity index (χ4n) is 1.59. The molecule has 1 aromatic heterocycles. The molecule has 0 spiro atoms. The second-order valence-corrected chi connectivity index (χ2v) is 3.49. The van der Waals surface area contributed by atoms with Gasteiger partial charge in [-0.25, -0.2) is 0 Å². The molecule has 0 amide bonds. The summed E-state index contributed by atoms with van der Waals surface area (Å²) in [5, 5.41) is 6.24. The lowest BCUT2D eigenvalue weighted by molar-refractivity contribution is 0.578. The number of nitrogens with zero attached hydrogens (tertiary/aromatic N) is 4. The lowest BCUT2D eigenvalue weighted by Crippen LogP contribution is -2.44. The minimum Gasteiger partial charge on any atom is -0.357 e. The van der Waals surface area contributed by atoms with Crippen LogP contribution in [0.25, 0.3) is 0 Å². The van der Waals surface area contributed by atoms with Gasteiger partial charge < -0.3 is 15.5 Å². The molecule has 0 aliphatic carbocycles. The van der Waals surface area contributed by atoms with E-state index in [9.17, 15) is 0 Å². The summed E-state index contributed by atoms with van der Waals surface area (Å²) >= 11 is 0. The van der Waals surface area contributed by atoms with E-state index in [1.807, 2.05) is 14.0 Å². The van der Waals surface area contributed by atoms with Crippen molar-refractivity contribution in [2.45, 2.75) is 6.92 Å². The van der Waals surface area contributed by atoms with Crippen molar-refractivity contribution in [1.82, 2.24) is 20.3 Å². The molecule has 1 fully saturated rings. The number of nitrogens with one attached hydrogen (secondary N) is 2. The largest absolute Gasteiger partial charge is 0.357 e. The number of hydrogen-bond donors (Lipinski definition) is 2.